The van der Waals surface area contributed by atoms with Crippen LogP contribution in [0.15, 0.2) is 77.2 Å². The SMILES string of the molecule is N#C/C(C(=O)NCc1ccccc1)=C(/O)CSc1nnnn1-c1ccccc1. The summed E-state index contributed by atoms with van der Waals surface area (Å²) in [7, 11) is 0. The van der Waals surface area contributed by atoms with Crippen LogP contribution in [0.1, 0.15) is 5.56 Å². The Morgan fingerprint density at radius 1 is 1.14 bits per heavy atom. The summed E-state index contributed by atoms with van der Waals surface area (Å²) in [5, 5.41) is 34.0. The van der Waals surface area contributed by atoms with Gasteiger partial charge >= 0.3 is 0 Å². The number of aliphatic hydroxyl groups is 1. The van der Waals surface area contributed by atoms with Crippen LogP contribution >= 0.6 is 11.8 Å². The lowest BCUT2D eigenvalue weighted by atomic mass is 10.2. The standard InChI is InChI=1S/C19H16N6O2S/c20-11-16(18(27)21-12-14-7-3-1-4-8-14)17(26)13-28-19-22-23-24-25(19)15-9-5-2-6-10-15/h1-10,26H,12-13H2,(H,21,27)/b17-16-. The number of nitriles is 1. The van der Waals surface area contributed by atoms with Crippen LogP contribution in [0.25, 0.3) is 5.69 Å². The number of carbonyl (C=O) groups is 1. The Hall–Kier alpha value is -3.64. The molecule has 3 aromatic rings. The van der Waals surface area contributed by atoms with Gasteiger partial charge in [-0.05, 0) is 28.1 Å². The lowest BCUT2D eigenvalue weighted by molar-refractivity contribution is -0.117. The van der Waals surface area contributed by atoms with Crippen LogP contribution in [0.2, 0.25) is 0 Å². The van der Waals surface area contributed by atoms with Crippen LogP contribution in [-0.4, -0.2) is 37.0 Å². The molecule has 0 unspecified atom stereocenters. The van der Waals surface area contributed by atoms with Gasteiger partial charge in [0.1, 0.15) is 11.8 Å². The van der Waals surface area contributed by atoms with Crippen molar-refractivity contribution in [3.8, 4) is 11.8 Å². The van der Waals surface area contributed by atoms with Crippen molar-refractivity contribution < 1.29 is 9.90 Å². The molecule has 0 aliphatic heterocycles. The molecule has 2 N–H and O–H groups in total. The first kappa shape index (κ1) is 19.1. The number of thioether (sulfide) groups is 1. The molecule has 0 saturated carbocycles. The fourth-order valence-corrected chi connectivity index (χ4v) is 3.09. The second kappa shape index (κ2) is 9.34. The topological polar surface area (TPSA) is 117 Å². The first-order valence-electron chi connectivity index (χ1n) is 8.30. The van der Waals surface area contributed by atoms with E-state index in [1.165, 1.54) is 4.68 Å². The minimum atomic E-state index is -0.632. The second-order valence-electron chi connectivity index (χ2n) is 5.60. The average molecular weight is 392 g/mol. The molecule has 3 rings (SSSR count). The van der Waals surface area contributed by atoms with Crippen molar-refractivity contribution in [3.05, 3.63) is 77.6 Å². The van der Waals surface area contributed by atoms with Gasteiger partial charge in [-0.1, -0.05) is 60.3 Å². The molecule has 1 heterocycles. The first-order valence-corrected chi connectivity index (χ1v) is 9.28. The molecule has 8 nitrogen and oxygen atoms in total. The number of carbonyl (C=O) groups excluding carboxylic acids is 1. The predicted octanol–water partition coefficient (Wildman–Crippen LogP) is 2.41. The molecule has 1 aromatic heterocycles. The number of nitrogens with one attached hydrogen (secondary N) is 1. The van der Waals surface area contributed by atoms with Crippen molar-refractivity contribution in [3.63, 3.8) is 0 Å². The number of aromatic nitrogens is 4. The molecule has 2 aromatic carbocycles. The number of benzene rings is 2. The van der Waals surface area contributed by atoms with Crippen LogP contribution in [0.5, 0.6) is 0 Å². The van der Waals surface area contributed by atoms with Crippen molar-refractivity contribution in [2.45, 2.75) is 11.7 Å². The molecule has 1 amide bonds. The monoisotopic (exact) mass is 392 g/mol. The largest absolute Gasteiger partial charge is 0.510 e. The van der Waals surface area contributed by atoms with E-state index in [0.29, 0.717) is 5.16 Å². The third-order valence-electron chi connectivity index (χ3n) is 3.70. The molecule has 0 saturated heterocycles. The summed E-state index contributed by atoms with van der Waals surface area (Å²) >= 11 is 1.12. The molecular weight excluding hydrogens is 376 g/mol. The van der Waals surface area contributed by atoms with Crippen LogP contribution in [-0.2, 0) is 11.3 Å². The average Bonchev–Trinajstić information content (AvgIpc) is 3.21. The van der Waals surface area contributed by atoms with E-state index in [1.54, 1.807) is 6.07 Å². The summed E-state index contributed by atoms with van der Waals surface area (Å²) in [4.78, 5) is 12.2. The molecule has 140 valence electrons. The van der Waals surface area contributed by atoms with Gasteiger partial charge in [0.25, 0.3) is 5.91 Å². The number of nitrogens with zero attached hydrogens (tertiary/aromatic N) is 5. The molecule has 28 heavy (non-hydrogen) atoms. The Morgan fingerprint density at radius 3 is 2.50 bits per heavy atom. The normalized spacial score (nSPS) is 11.4. The zero-order valence-corrected chi connectivity index (χ0v) is 15.5. The zero-order valence-electron chi connectivity index (χ0n) is 14.7. The molecule has 0 atom stereocenters. The highest BCUT2D eigenvalue weighted by Gasteiger charge is 2.17. The fourth-order valence-electron chi connectivity index (χ4n) is 2.32. The summed E-state index contributed by atoms with van der Waals surface area (Å²) in [5.41, 5.74) is 1.32. The van der Waals surface area contributed by atoms with E-state index >= 15 is 0 Å². The molecule has 0 fully saturated rings. The third-order valence-corrected chi connectivity index (χ3v) is 4.63. The highest BCUT2D eigenvalue weighted by Crippen LogP contribution is 2.20. The van der Waals surface area contributed by atoms with E-state index in [0.717, 1.165) is 23.0 Å². The first-order chi connectivity index (χ1) is 13.7. The van der Waals surface area contributed by atoms with Crippen LogP contribution in [0, 0.1) is 11.3 Å². The van der Waals surface area contributed by atoms with Crippen molar-refractivity contribution in [1.82, 2.24) is 25.5 Å². The summed E-state index contributed by atoms with van der Waals surface area (Å²) in [6.45, 7) is 0.261. The Balaban J connectivity index is 1.66. The smallest absolute Gasteiger partial charge is 0.265 e. The second-order valence-corrected chi connectivity index (χ2v) is 6.54. The zero-order chi connectivity index (χ0) is 19.8. The summed E-state index contributed by atoms with van der Waals surface area (Å²) in [6.07, 6.45) is 0. The highest BCUT2D eigenvalue weighted by molar-refractivity contribution is 7.99. The number of hydrogen-bond donors (Lipinski definition) is 2. The Kier molecular flexibility index (Phi) is 6.38. The number of amides is 1. The van der Waals surface area contributed by atoms with E-state index in [-0.39, 0.29) is 23.6 Å². The molecule has 0 spiro atoms. The van der Waals surface area contributed by atoms with E-state index in [4.69, 9.17) is 0 Å². The molecule has 9 heteroatoms. The Bertz CT molecular complexity index is 1010. The minimum absolute atomic E-state index is 0.0190. The quantitative estimate of drug-likeness (QED) is 0.274. The van der Waals surface area contributed by atoms with Crippen LogP contribution in [0.3, 0.4) is 0 Å². The number of rotatable bonds is 7. The van der Waals surface area contributed by atoms with Gasteiger partial charge in [-0.3, -0.25) is 4.79 Å². The van der Waals surface area contributed by atoms with Gasteiger partial charge < -0.3 is 10.4 Å². The number of aliphatic hydroxyl groups excluding tert-OH is 1. The van der Waals surface area contributed by atoms with Gasteiger partial charge in [-0.25, -0.2) is 0 Å². The maximum Gasteiger partial charge on any atom is 0.265 e. The van der Waals surface area contributed by atoms with Crippen molar-refractivity contribution >= 4 is 17.7 Å². The molecule has 0 radical (unpaired) electrons. The maximum atomic E-state index is 12.2. The molecular formula is C19H16N6O2S. The predicted molar refractivity (Wildman–Crippen MR) is 103 cm³/mol. The third kappa shape index (κ3) is 4.75. The van der Waals surface area contributed by atoms with Crippen molar-refractivity contribution in [2.75, 3.05) is 5.75 Å². The van der Waals surface area contributed by atoms with Gasteiger partial charge in [-0.2, -0.15) is 9.94 Å². The van der Waals surface area contributed by atoms with Gasteiger partial charge in [0.05, 0.1) is 11.4 Å². The number of para-hydroxylation sites is 1. The van der Waals surface area contributed by atoms with Gasteiger partial charge in [0.15, 0.2) is 5.57 Å². The van der Waals surface area contributed by atoms with Crippen LogP contribution in [0.4, 0.5) is 0 Å². The summed E-state index contributed by atoms with van der Waals surface area (Å²) in [6, 6.07) is 20.3. The lowest BCUT2D eigenvalue weighted by Gasteiger charge is -2.07. The van der Waals surface area contributed by atoms with Gasteiger partial charge in [-0.15, -0.1) is 5.10 Å². The van der Waals surface area contributed by atoms with Crippen molar-refractivity contribution in [2.24, 2.45) is 0 Å². The van der Waals surface area contributed by atoms with Crippen molar-refractivity contribution in [1.29, 1.82) is 5.26 Å². The summed E-state index contributed by atoms with van der Waals surface area (Å²) < 4.78 is 1.51. The molecule has 0 aliphatic carbocycles. The molecule has 0 aliphatic rings. The number of hydrogen-bond acceptors (Lipinski definition) is 7. The Morgan fingerprint density at radius 2 is 1.82 bits per heavy atom. The van der Waals surface area contributed by atoms with E-state index in [2.05, 4.69) is 20.8 Å². The van der Waals surface area contributed by atoms with E-state index in [9.17, 15) is 15.2 Å². The lowest BCUT2D eigenvalue weighted by Crippen LogP contribution is -2.25. The Labute approximate surface area is 165 Å². The van der Waals surface area contributed by atoms with Gasteiger partial charge in [0.2, 0.25) is 5.16 Å². The number of tetrazole rings is 1. The van der Waals surface area contributed by atoms with E-state index in [1.807, 2.05) is 60.7 Å². The summed E-state index contributed by atoms with van der Waals surface area (Å²) in [5.74, 6) is -0.984. The van der Waals surface area contributed by atoms with Crippen LogP contribution < -0.4 is 5.32 Å². The van der Waals surface area contributed by atoms with E-state index < -0.39 is 5.91 Å². The minimum Gasteiger partial charge on any atom is -0.510 e. The fraction of sp³-hybridized carbons (Fsp3) is 0.105. The van der Waals surface area contributed by atoms with Gasteiger partial charge in [0, 0.05) is 6.54 Å². The highest BCUT2D eigenvalue weighted by atomic mass is 32.2. The molecule has 0 bridgehead atoms. The maximum absolute atomic E-state index is 12.2.